The number of guanidine groups is 1. The van der Waals surface area contributed by atoms with E-state index in [9.17, 15) is 0 Å². The Morgan fingerprint density at radius 1 is 1.25 bits per heavy atom. The fourth-order valence-electron chi connectivity index (χ4n) is 2.48. The molecule has 0 aliphatic heterocycles. The Bertz CT molecular complexity index is 696. The van der Waals surface area contributed by atoms with Crippen molar-refractivity contribution in [1.82, 2.24) is 20.4 Å². The Kier molecular flexibility index (Phi) is 8.55. The van der Waals surface area contributed by atoms with Gasteiger partial charge in [-0.1, -0.05) is 29.8 Å². The van der Waals surface area contributed by atoms with E-state index in [0.29, 0.717) is 6.54 Å². The smallest absolute Gasteiger partial charge is 0.191 e. The van der Waals surface area contributed by atoms with Gasteiger partial charge in [0.2, 0.25) is 0 Å². The first kappa shape index (κ1) is 20.8. The number of aliphatic imine (C=N–C) groups is 1. The zero-order valence-corrected chi connectivity index (χ0v) is 17.6. The minimum atomic E-state index is 0. The lowest BCUT2D eigenvalue weighted by Crippen LogP contribution is -2.38. The molecular weight excluding hydrogens is 437 g/mol. The highest BCUT2D eigenvalue weighted by Crippen LogP contribution is 2.14. The molecule has 0 fully saturated rings. The highest BCUT2D eigenvalue weighted by atomic mass is 127. The predicted octanol–water partition coefficient (Wildman–Crippen LogP) is 3.22. The van der Waals surface area contributed by atoms with Crippen LogP contribution in [0.2, 0.25) is 5.02 Å². The molecule has 1 heterocycles. The van der Waals surface area contributed by atoms with Crippen molar-refractivity contribution < 1.29 is 0 Å². The molecule has 0 amide bonds. The van der Waals surface area contributed by atoms with E-state index >= 15 is 0 Å². The molecule has 0 aliphatic rings. The number of aromatic nitrogens is 2. The molecule has 132 valence electrons. The summed E-state index contributed by atoms with van der Waals surface area (Å²) in [6.45, 7) is 5.58. The van der Waals surface area contributed by atoms with Crippen molar-refractivity contribution in [3.05, 3.63) is 51.8 Å². The number of nitrogens with zero attached hydrogens (tertiary/aromatic N) is 3. The highest BCUT2D eigenvalue weighted by molar-refractivity contribution is 14.0. The maximum Gasteiger partial charge on any atom is 0.191 e. The minimum Gasteiger partial charge on any atom is -0.356 e. The largest absolute Gasteiger partial charge is 0.356 e. The molecule has 7 heteroatoms. The quantitative estimate of drug-likeness (QED) is 0.408. The maximum atomic E-state index is 6.17. The van der Waals surface area contributed by atoms with Gasteiger partial charge in [0.1, 0.15) is 0 Å². The van der Waals surface area contributed by atoms with E-state index in [2.05, 4.69) is 27.6 Å². The molecular formula is C17H25ClIN5. The Balaban J connectivity index is 0.00000288. The summed E-state index contributed by atoms with van der Waals surface area (Å²) in [7, 11) is 3.73. The van der Waals surface area contributed by atoms with Gasteiger partial charge in [-0.25, -0.2) is 0 Å². The summed E-state index contributed by atoms with van der Waals surface area (Å²) in [5.74, 6) is 0.778. The summed E-state index contributed by atoms with van der Waals surface area (Å²) in [4.78, 5) is 4.26. The lowest BCUT2D eigenvalue weighted by atomic mass is 10.1. The normalized spacial score (nSPS) is 11.1. The molecule has 0 bridgehead atoms. The molecule has 24 heavy (non-hydrogen) atoms. The lowest BCUT2D eigenvalue weighted by molar-refractivity contribution is 0.728. The Morgan fingerprint density at radius 2 is 1.96 bits per heavy atom. The monoisotopic (exact) mass is 461 g/mol. The summed E-state index contributed by atoms with van der Waals surface area (Å²) in [6, 6.07) is 7.90. The molecule has 5 nitrogen and oxygen atoms in total. The van der Waals surface area contributed by atoms with Crippen LogP contribution in [0.3, 0.4) is 0 Å². The Labute approximate surface area is 165 Å². The van der Waals surface area contributed by atoms with Crippen molar-refractivity contribution in [1.29, 1.82) is 0 Å². The van der Waals surface area contributed by atoms with Gasteiger partial charge in [0.15, 0.2) is 5.96 Å². The van der Waals surface area contributed by atoms with Crippen LogP contribution in [0.4, 0.5) is 0 Å². The second-order valence-electron chi connectivity index (χ2n) is 5.47. The average molecular weight is 462 g/mol. The van der Waals surface area contributed by atoms with Crippen molar-refractivity contribution in [2.75, 3.05) is 13.6 Å². The summed E-state index contributed by atoms with van der Waals surface area (Å²) in [5, 5.41) is 11.9. The van der Waals surface area contributed by atoms with E-state index in [1.807, 2.05) is 42.9 Å². The molecule has 2 rings (SSSR count). The second kappa shape index (κ2) is 9.88. The van der Waals surface area contributed by atoms with Crippen LogP contribution in [0, 0.1) is 13.8 Å². The zero-order valence-electron chi connectivity index (χ0n) is 14.6. The highest BCUT2D eigenvalue weighted by Gasteiger charge is 2.09. The SMILES string of the molecule is CN=C(NCCc1ccccc1Cl)NCc1c(C)nn(C)c1C.I. The number of benzene rings is 1. The van der Waals surface area contributed by atoms with Crippen molar-refractivity contribution in [3.63, 3.8) is 0 Å². The van der Waals surface area contributed by atoms with Gasteiger partial charge in [-0.15, -0.1) is 24.0 Å². The number of hydrogen-bond donors (Lipinski definition) is 2. The third-order valence-electron chi connectivity index (χ3n) is 3.96. The first-order chi connectivity index (χ1) is 11.0. The molecule has 0 unspecified atom stereocenters. The summed E-state index contributed by atoms with van der Waals surface area (Å²) < 4.78 is 1.90. The van der Waals surface area contributed by atoms with Crippen LogP contribution in [0.25, 0.3) is 0 Å². The maximum absolute atomic E-state index is 6.17. The van der Waals surface area contributed by atoms with Crippen molar-refractivity contribution >= 4 is 41.5 Å². The molecule has 2 N–H and O–H groups in total. The van der Waals surface area contributed by atoms with Crippen molar-refractivity contribution in [2.45, 2.75) is 26.8 Å². The minimum absolute atomic E-state index is 0. The van der Waals surface area contributed by atoms with Crippen molar-refractivity contribution in [3.8, 4) is 0 Å². The van der Waals surface area contributed by atoms with Crippen LogP contribution < -0.4 is 10.6 Å². The van der Waals surface area contributed by atoms with Gasteiger partial charge in [-0.05, 0) is 31.9 Å². The van der Waals surface area contributed by atoms with Crippen LogP contribution >= 0.6 is 35.6 Å². The summed E-state index contributed by atoms with van der Waals surface area (Å²) >= 11 is 6.17. The third-order valence-corrected chi connectivity index (χ3v) is 4.33. The van der Waals surface area contributed by atoms with Crippen LogP contribution in [0.15, 0.2) is 29.3 Å². The summed E-state index contributed by atoms with van der Waals surface area (Å²) in [6.07, 6.45) is 0.853. The molecule has 0 atom stereocenters. The topological polar surface area (TPSA) is 54.2 Å². The van der Waals surface area contributed by atoms with E-state index in [1.165, 1.54) is 11.3 Å². The van der Waals surface area contributed by atoms with E-state index < -0.39 is 0 Å². The molecule has 0 aliphatic carbocycles. The molecule has 0 radical (unpaired) electrons. The number of rotatable bonds is 5. The van der Waals surface area contributed by atoms with Gasteiger partial charge in [-0.3, -0.25) is 9.67 Å². The Morgan fingerprint density at radius 3 is 2.54 bits per heavy atom. The molecule has 2 aromatic rings. The number of aryl methyl sites for hydroxylation is 2. The zero-order chi connectivity index (χ0) is 16.8. The lowest BCUT2D eigenvalue weighted by Gasteiger charge is -2.12. The van der Waals surface area contributed by atoms with E-state index in [4.69, 9.17) is 11.6 Å². The molecule has 0 spiro atoms. The van der Waals surface area contributed by atoms with Gasteiger partial charge in [0.05, 0.1) is 5.69 Å². The fourth-order valence-corrected chi connectivity index (χ4v) is 2.71. The number of hydrogen-bond acceptors (Lipinski definition) is 2. The molecule has 0 saturated carbocycles. The van der Waals surface area contributed by atoms with Crippen LogP contribution in [0.5, 0.6) is 0 Å². The standard InChI is InChI=1S/C17H24ClN5.HI/c1-12-15(13(2)23(4)22-12)11-21-17(19-3)20-10-9-14-7-5-6-8-16(14)18;/h5-8H,9-11H2,1-4H3,(H2,19,20,21);1H. The van der Waals surface area contributed by atoms with Gasteiger partial charge in [0.25, 0.3) is 0 Å². The van der Waals surface area contributed by atoms with Crippen LogP contribution in [-0.2, 0) is 20.0 Å². The predicted molar refractivity (Wildman–Crippen MR) is 111 cm³/mol. The van der Waals surface area contributed by atoms with E-state index in [-0.39, 0.29) is 24.0 Å². The number of nitrogens with one attached hydrogen (secondary N) is 2. The fraction of sp³-hybridized carbons (Fsp3) is 0.412. The third kappa shape index (κ3) is 5.37. The number of halogens is 2. The molecule has 0 saturated heterocycles. The van der Waals surface area contributed by atoms with Gasteiger partial charge in [-0.2, -0.15) is 5.10 Å². The molecule has 1 aromatic carbocycles. The second-order valence-corrected chi connectivity index (χ2v) is 5.87. The van der Waals surface area contributed by atoms with E-state index in [1.54, 1.807) is 7.05 Å². The summed E-state index contributed by atoms with van der Waals surface area (Å²) in [5.41, 5.74) is 4.56. The van der Waals surface area contributed by atoms with E-state index in [0.717, 1.165) is 35.2 Å². The average Bonchev–Trinajstić information content (AvgIpc) is 2.78. The van der Waals surface area contributed by atoms with Crippen molar-refractivity contribution in [2.24, 2.45) is 12.0 Å². The Hall–Kier alpha value is -1.28. The molecule has 1 aromatic heterocycles. The van der Waals surface area contributed by atoms with Gasteiger partial charge < -0.3 is 10.6 Å². The van der Waals surface area contributed by atoms with Crippen LogP contribution in [0.1, 0.15) is 22.5 Å². The first-order valence-corrected chi connectivity index (χ1v) is 8.07. The van der Waals surface area contributed by atoms with Gasteiger partial charge >= 0.3 is 0 Å². The first-order valence-electron chi connectivity index (χ1n) is 7.70. The van der Waals surface area contributed by atoms with Gasteiger partial charge in [0, 0.05) is 43.5 Å². The van der Waals surface area contributed by atoms with Crippen LogP contribution in [-0.4, -0.2) is 29.3 Å².